The maximum absolute atomic E-state index is 6.79. The predicted octanol–water partition coefficient (Wildman–Crippen LogP) is 5.20. The van der Waals surface area contributed by atoms with Crippen LogP contribution in [-0.4, -0.2) is 54.4 Å². The van der Waals surface area contributed by atoms with Crippen LogP contribution in [-0.2, 0) is 22.0 Å². The number of likely N-dealkylation sites (N-methyl/N-ethyl adjacent to an activating group) is 1. The van der Waals surface area contributed by atoms with Crippen LogP contribution < -0.4 is 14.9 Å². The van der Waals surface area contributed by atoms with Gasteiger partial charge in [-0.2, -0.15) is 5.10 Å². The molecule has 0 radical (unpaired) electrons. The topological polar surface area (TPSA) is 42.8 Å². The highest BCUT2D eigenvalue weighted by Gasteiger charge is 2.42. The lowest BCUT2D eigenvalue weighted by Gasteiger charge is -2.38. The van der Waals surface area contributed by atoms with Gasteiger partial charge < -0.3 is 14.4 Å². The minimum atomic E-state index is -2.47. The van der Waals surface area contributed by atoms with Gasteiger partial charge >= 0.3 is 0 Å². The van der Waals surface area contributed by atoms with Gasteiger partial charge in [-0.25, -0.2) is 4.68 Å². The van der Waals surface area contributed by atoms with Crippen molar-refractivity contribution in [3.8, 4) is 11.6 Å². The van der Waals surface area contributed by atoms with Crippen LogP contribution in [0.5, 0.6) is 5.88 Å². The Morgan fingerprint density at radius 2 is 1.75 bits per heavy atom. The maximum Gasteiger partial charge on any atom is 0.227 e. The molecule has 3 aromatic rings. The highest BCUT2D eigenvalue weighted by Crippen LogP contribution is 2.58. The molecule has 3 heterocycles. The first-order chi connectivity index (χ1) is 17.3. The third kappa shape index (κ3) is 4.12. The lowest BCUT2D eigenvalue weighted by molar-refractivity contribution is 0.0753. The fraction of sp³-hybridized carbons (Fsp3) is 0.393. The smallest absolute Gasteiger partial charge is 0.227 e. The summed E-state index contributed by atoms with van der Waals surface area (Å²) in [6.45, 7) is 12.1. The number of fused-ring (bicyclic) bond motifs is 1. The maximum atomic E-state index is 6.79. The Balaban J connectivity index is 1.74. The van der Waals surface area contributed by atoms with Gasteiger partial charge in [0.25, 0.3) is 0 Å². The SMILES string of the molecule is CCOc1c(P(=S)(/C=C2/N(C)c3ccccc3C2(C)C)N2CCOCC2)c(C)nn1-c1ccccc1. The van der Waals surface area contributed by atoms with E-state index in [1.165, 1.54) is 16.9 Å². The minimum absolute atomic E-state index is 0.170. The van der Waals surface area contributed by atoms with Crippen LogP contribution in [0.1, 0.15) is 32.0 Å². The predicted molar refractivity (Wildman–Crippen MR) is 152 cm³/mol. The van der Waals surface area contributed by atoms with E-state index >= 15 is 0 Å². The van der Waals surface area contributed by atoms with Gasteiger partial charge in [0.1, 0.15) is 0 Å². The standard InChI is InChI=1S/C28H35N4O2PS/c1-6-34-27-26(21(2)29-32(27)22-12-8-7-9-13-22)35(36,31-16-18-33-19-17-31)20-25-28(3,4)23-14-10-11-15-24(23)30(25)5/h7-15,20H,6,16-19H2,1-5H3/b25-20+. The Morgan fingerprint density at radius 3 is 2.42 bits per heavy atom. The molecule has 1 unspecified atom stereocenters. The van der Waals surface area contributed by atoms with Gasteiger partial charge in [0.15, 0.2) is 0 Å². The zero-order chi connectivity index (χ0) is 25.5. The molecule has 1 saturated heterocycles. The van der Waals surface area contributed by atoms with Crippen LogP contribution >= 0.6 is 6.19 Å². The van der Waals surface area contributed by atoms with Crippen LogP contribution in [0.3, 0.4) is 0 Å². The zero-order valence-corrected chi connectivity index (χ0v) is 23.5. The summed E-state index contributed by atoms with van der Waals surface area (Å²) in [5, 5.41) is 6.02. The largest absolute Gasteiger partial charge is 0.477 e. The highest BCUT2D eigenvalue weighted by molar-refractivity contribution is 8.18. The lowest BCUT2D eigenvalue weighted by atomic mass is 9.84. The van der Waals surface area contributed by atoms with Gasteiger partial charge in [0, 0.05) is 36.9 Å². The van der Waals surface area contributed by atoms with E-state index in [4.69, 9.17) is 26.4 Å². The molecule has 1 fully saturated rings. The van der Waals surface area contributed by atoms with Crippen LogP contribution in [0, 0.1) is 6.92 Å². The molecule has 1 aromatic heterocycles. The van der Waals surface area contributed by atoms with E-state index in [2.05, 4.69) is 79.6 Å². The van der Waals surface area contributed by atoms with Crippen molar-refractivity contribution >= 4 is 29.0 Å². The van der Waals surface area contributed by atoms with E-state index in [0.717, 1.165) is 35.7 Å². The second kappa shape index (κ2) is 9.79. The Morgan fingerprint density at radius 1 is 1.08 bits per heavy atom. The van der Waals surface area contributed by atoms with Crippen molar-refractivity contribution in [3.05, 3.63) is 77.4 Å². The van der Waals surface area contributed by atoms with Gasteiger partial charge in [0.2, 0.25) is 5.88 Å². The molecule has 0 aliphatic carbocycles. The van der Waals surface area contributed by atoms with Crippen molar-refractivity contribution in [2.24, 2.45) is 0 Å². The van der Waals surface area contributed by atoms with Crippen LogP contribution in [0.4, 0.5) is 5.69 Å². The number of nitrogens with zero attached hydrogens (tertiary/aromatic N) is 4. The van der Waals surface area contributed by atoms with Crippen molar-refractivity contribution in [3.63, 3.8) is 0 Å². The lowest BCUT2D eigenvalue weighted by Crippen LogP contribution is -2.37. The molecule has 6 nitrogen and oxygen atoms in total. The molecule has 36 heavy (non-hydrogen) atoms. The summed E-state index contributed by atoms with van der Waals surface area (Å²) in [6, 6.07) is 18.8. The van der Waals surface area contributed by atoms with Crippen molar-refractivity contribution in [1.29, 1.82) is 0 Å². The first kappa shape index (κ1) is 25.2. The van der Waals surface area contributed by atoms with Crippen molar-refractivity contribution < 1.29 is 9.47 Å². The molecule has 8 heteroatoms. The molecule has 2 aromatic carbocycles. The monoisotopic (exact) mass is 522 g/mol. The molecule has 0 N–H and O–H groups in total. The second-order valence-electron chi connectivity index (χ2n) is 9.82. The molecule has 0 bridgehead atoms. The number of aromatic nitrogens is 2. The summed E-state index contributed by atoms with van der Waals surface area (Å²) in [5.74, 6) is 3.14. The van der Waals surface area contributed by atoms with Crippen LogP contribution in [0.15, 0.2) is 66.1 Å². The highest BCUT2D eigenvalue weighted by atomic mass is 32.4. The van der Waals surface area contributed by atoms with Crippen LogP contribution in [0.2, 0.25) is 0 Å². The Bertz CT molecular complexity index is 1330. The van der Waals surface area contributed by atoms with E-state index in [1.807, 2.05) is 29.8 Å². The van der Waals surface area contributed by atoms with Gasteiger partial charge in [-0.15, -0.1) is 0 Å². The number of hydrogen-bond acceptors (Lipinski definition) is 5. The van der Waals surface area contributed by atoms with E-state index in [9.17, 15) is 0 Å². The number of rotatable bonds is 6. The number of benzene rings is 2. The average molecular weight is 523 g/mol. The molecule has 2 aliphatic heterocycles. The number of aryl methyl sites for hydroxylation is 1. The number of ether oxygens (including phenoxy) is 2. The van der Waals surface area contributed by atoms with E-state index in [1.54, 1.807) is 0 Å². The Hall–Kier alpha value is -2.44. The van der Waals surface area contributed by atoms with Crippen LogP contribution in [0.25, 0.3) is 5.69 Å². The Labute approximate surface area is 219 Å². The molecular weight excluding hydrogens is 487 g/mol. The summed E-state index contributed by atoms with van der Waals surface area (Å²) in [7, 11) is 2.15. The average Bonchev–Trinajstić information content (AvgIpc) is 3.32. The molecule has 1 atom stereocenters. The first-order valence-electron chi connectivity index (χ1n) is 12.6. The fourth-order valence-corrected chi connectivity index (χ4v) is 9.93. The number of allylic oxidation sites excluding steroid dienone is 1. The van der Waals surface area contributed by atoms with Crippen molar-refractivity contribution in [2.45, 2.75) is 33.1 Å². The summed E-state index contributed by atoms with van der Waals surface area (Å²) in [4.78, 5) is 2.31. The first-order valence-corrected chi connectivity index (χ1v) is 15.4. The molecule has 0 saturated carbocycles. The summed E-state index contributed by atoms with van der Waals surface area (Å²) < 4.78 is 16.5. The number of morpholine rings is 1. The third-order valence-electron chi connectivity index (χ3n) is 7.24. The number of anilines is 1. The Kier molecular flexibility index (Phi) is 6.86. The van der Waals surface area contributed by atoms with Crippen molar-refractivity contribution in [1.82, 2.24) is 14.5 Å². The summed E-state index contributed by atoms with van der Waals surface area (Å²) in [5.41, 5.74) is 5.51. The third-order valence-corrected chi connectivity index (χ3v) is 11.8. The minimum Gasteiger partial charge on any atom is -0.477 e. The van der Waals surface area contributed by atoms with E-state index in [-0.39, 0.29) is 5.41 Å². The quantitative estimate of drug-likeness (QED) is 0.415. The van der Waals surface area contributed by atoms with Gasteiger partial charge in [-0.3, -0.25) is 4.67 Å². The van der Waals surface area contributed by atoms with Gasteiger partial charge in [0.05, 0.1) is 42.7 Å². The molecular formula is C28H35N4O2PS. The van der Waals surface area contributed by atoms with E-state index < -0.39 is 6.19 Å². The fourth-order valence-electron chi connectivity index (χ4n) is 5.41. The molecule has 0 amide bonds. The molecule has 0 spiro atoms. The van der Waals surface area contributed by atoms with Gasteiger partial charge in [-0.05, 0) is 43.4 Å². The summed E-state index contributed by atoms with van der Waals surface area (Å²) in [6.07, 6.45) is -2.47. The second-order valence-corrected chi connectivity index (χ2v) is 14.0. The normalized spacial score (nSPS) is 20.4. The molecule has 190 valence electrons. The van der Waals surface area contributed by atoms with Crippen molar-refractivity contribution in [2.75, 3.05) is 44.9 Å². The number of para-hydroxylation sites is 2. The molecule has 5 rings (SSSR count). The number of hydrogen-bond donors (Lipinski definition) is 0. The summed E-state index contributed by atoms with van der Waals surface area (Å²) >= 11 is 6.79. The molecule has 2 aliphatic rings. The van der Waals surface area contributed by atoms with E-state index in [0.29, 0.717) is 19.8 Å². The van der Waals surface area contributed by atoms with Gasteiger partial charge in [-0.1, -0.05) is 62.1 Å². The zero-order valence-electron chi connectivity index (χ0n) is 21.8.